The first-order valence-electron chi connectivity index (χ1n) is 5.48. The van der Waals surface area contributed by atoms with Crippen LogP contribution >= 0.6 is 70.7 Å². The quantitative estimate of drug-likeness (QED) is 0.449. The van der Waals surface area contributed by atoms with Crippen LogP contribution < -0.4 is 9.47 Å². The molecule has 0 aliphatic heterocycles. The van der Waals surface area contributed by atoms with Crippen molar-refractivity contribution in [3.05, 3.63) is 41.4 Å². The van der Waals surface area contributed by atoms with Crippen LogP contribution in [0.15, 0.2) is 30.9 Å². The van der Waals surface area contributed by atoms with Gasteiger partial charge < -0.3 is 9.47 Å². The predicted octanol–water partition coefficient (Wildman–Crippen LogP) is 6.38. The van der Waals surface area contributed by atoms with Crippen LogP contribution in [0.5, 0.6) is 11.5 Å². The van der Waals surface area contributed by atoms with Crippen LogP contribution in [-0.2, 0) is 0 Å². The largest absolute Gasteiger partial charge is 0.493 e. The molecule has 1 aromatic heterocycles. The lowest BCUT2D eigenvalue weighted by atomic mass is 10.1. The highest BCUT2D eigenvalue weighted by atomic mass is 79.9. The zero-order valence-corrected chi connectivity index (χ0v) is 16.9. The highest BCUT2D eigenvalue weighted by Gasteiger charge is 2.20. The Labute approximate surface area is 151 Å². The Bertz CT molecular complexity index is 611. The molecule has 7 heteroatoms. The van der Waals surface area contributed by atoms with Gasteiger partial charge in [0, 0.05) is 13.8 Å². The van der Waals surface area contributed by atoms with Crippen molar-refractivity contribution < 1.29 is 9.47 Å². The summed E-state index contributed by atoms with van der Waals surface area (Å²) < 4.78 is 13.5. The van der Waals surface area contributed by atoms with Crippen molar-refractivity contribution in [2.45, 2.75) is 5.38 Å². The first-order valence-corrected chi connectivity index (χ1v) is 9.11. The van der Waals surface area contributed by atoms with Crippen LogP contribution in [0, 0.1) is 0 Å². The number of thiophene rings is 1. The maximum absolute atomic E-state index is 6.59. The monoisotopic (exact) mass is 502 g/mol. The molecule has 0 amide bonds. The molecule has 20 heavy (non-hydrogen) atoms. The van der Waals surface area contributed by atoms with Gasteiger partial charge in [-0.1, -0.05) is 15.9 Å². The molecule has 2 nitrogen and oxygen atoms in total. The molecule has 1 aromatic carbocycles. The lowest BCUT2D eigenvalue weighted by Crippen LogP contribution is -1.96. The van der Waals surface area contributed by atoms with Crippen LogP contribution in [0.4, 0.5) is 0 Å². The zero-order chi connectivity index (χ0) is 14.9. The third-order valence-electron chi connectivity index (χ3n) is 2.69. The van der Waals surface area contributed by atoms with Crippen LogP contribution in [0.3, 0.4) is 0 Å². The standard InChI is InChI=1S/C13H10Br3ClO2S/c1-18-9-3-6(7(14)4-10(9)19-2)12(17)11-5-8(15)13(16)20-11/h3-5,12H,1-2H3. The molecule has 2 aromatic rings. The maximum Gasteiger partial charge on any atom is 0.161 e. The van der Waals surface area contributed by atoms with Crippen LogP contribution in [0.25, 0.3) is 0 Å². The van der Waals surface area contributed by atoms with Gasteiger partial charge in [-0.25, -0.2) is 0 Å². The fraction of sp³-hybridized carbons (Fsp3) is 0.231. The van der Waals surface area contributed by atoms with E-state index >= 15 is 0 Å². The molecule has 0 fully saturated rings. The first-order chi connectivity index (χ1) is 9.47. The van der Waals surface area contributed by atoms with Gasteiger partial charge in [0.25, 0.3) is 0 Å². The minimum atomic E-state index is -0.267. The second kappa shape index (κ2) is 7.01. The summed E-state index contributed by atoms with van der Waals surface area (Å²) in [5.41, 5.74) is 0.936. The van der Waals surface area contributed by atoms with Gasteiger partial charge in [0.1, 0.15) is 0 Å². The van der Waals surface area contributed by atoms with Crippen molar-refractivity contribution in [3.8, 4) is 11.5 Å². The molecular weight excluding hydrogens is 495 g/mol. The normalized spacial score (nSPS) is 12.3. The van der Waals surface area contributed by atoms with E-state index in [1.807, 2.05) is 18.2 Å². The third-order valence-corrected chi connectivity index (χ3v) is 7.30. The molecule has 0 bridgehead atoms. The average Bonchev–Trinajstić information content (AvgIpc) is 2.77. The van der Waals surface area contributed by atoms with Crippen LogP contribution in [0.1, 0.15) is 15.8 Å². The molecule has 1 unspecified atom stereocenters. The molecule has 108 valence electrons. The highest BCUT2D eigenvalue weighted by molar-refractivity contribution is 9.13. The molecule has 2 rings (SSSR count). The molecule has 0 aliphatic carbocycles. The molecule has 0 aliphatic rings. The van der Waals surface area contributed by atoms with E-state index in [4.69, 9.17) is 21.1 Å². The SMILES string of the molecule is COc1cc(Br)c(C(Cl)c2cc(Br)c(Br)s2)cc1OC. The minimum Gasteiger partial charge on any atom is -0.493 e. The lowest BCUT2D eigenvalue weighted by Gasteiger charge is -2.14. The Morgan fingerprint density at radius 3 is 2.10 bits per heavy atom. The van der Waals surface area contributed by atoms with Gasteiger partial charge in [0.05, 0.1) is 23.4 Å². The smallest absolute Gasteiger partial charge is 0.161 e. The Morgan fingerprint density at radius 1 is 1.00 bits per heavy atom. The van der Waals surface area contributed by atoms with Gasteiger partial charge in [-0.3, -0.25) is 0 Å². The van der Waals surface area contributed by atoms with Crippen molar-refractivity contribution in [1.82, 2.24) is 0 Å². The lowest BCUT2D eigenvalue weighted by molar-refractivity contribution is 0.354. The summed E-state index contributed by atoms with van der Waals surface area (Å²) in [7, 11) is 3.22. The third kappa shape index (κ3) is 3.35. The minimum absolute atomic E-state index is 0.267. The molecule has 1 heterocycles. The molecule has 0 N–H and O–H groups in total. The van der Waals surface area contributed by atoms with Crippen molar-refractivity contribution >= 4 is 70.7 Å². The molecule has 0 saturated carbocycles. The number of hydrogen-bond donors (Lipinski definition) is 0. The highest BCUT2D eigenvalue weighted by Crippen LogP contribution is 2.44. The van der Waals surface area contributed by atoms with Gasteiger partial charge in [-0.05, 0) is 55.6 Å². The molecule has 0 saturated heterocycles. The van der Waals surface area contributed by atoms with E-state index < -0.39 is 0 Å². The fourth-order valence-corrected chi connectivity index (χ4v) is 4.85. The van der Waals surface area contributed by atoms with E-state index in [2.05, 4.69) is 47.8 Å². The van der Waals surface area contributed by atoms with Crippen molar-refractivity contribution in [3.63, 3.8) is 0 Å². The van der Waals surface area contributed by atoms with Gasteiger partial charge >= 0.3 is 0 Å². The summed E-state index contributed by atoms with van der Waals surface area (Å²) in [6, 6.07) is 5.76. The van der Waals surface area contributed by atoms with E-state index in [0.29, 0.717) is 11.5 Å². The van der Waals surface area contributed by atoms with Gasteiger partial charge in [0.15, 0.2) is 11.5 Å². The zero-order valence-electron chi connectivity index (χ0n) is 10.5. The maximum atomic E-state index is 6.59. The fourth-order valence-electron chi connectivity index (χ4n) is 1.71. The molecule has 0 radical (unpaired) electrons. The van der Waals surface area contributed by atoms with E-state index in [1.54, 1.807) is 25.6 Å². The second-order valence-corrected chi connectivity index (χ2v) is 8.41. The number of alkyl halides is 1. The van der Waals surface area contributed by atoms with Gasteiger partial charge in [-0.15, -0.1) is 22.9 Å². The first kappa shape index (κ1) is 16.6. The molecule has 1 atom stereocenters. The Hall–Kier alpha value is 0.250. The van der Waals surface area contributed by atoms with Crippen LogP contribution in [0.2, 0.25) is 0 Å². The Morgan fingerprint density at radius 2 is 1.60 bits per heavy atom. The topological polar surface area (TPSA) is 18.5 Å². The predicted molar refractivity (Wildman–Crippen MR) is 94.7 cm³/mol. The summed E-state index contributed by atoms with van der Waals surface area (Å²) in [6.45, 7) is 0. The number of hydrogen-bond acceptors (Lipinski definition) is 3. The van der Waals surface area contributed by atoms with E-state index in [1.165, 1.54) is 0 Å². The van der Waals surface area contributed by atoms with E-state index in [9.17, 15) is 0 Å². The van der Waals surface area contributed by atoms with E-state index in [-0.39, 0.29) is 5.38 Å². The van der Waals surface area contributed by atoms with Crippen molar-refractivity contribution in [1.29, 1.82) is 0 Å². The van der Waals surface area contributed by atoms with Crippen LogP contribution in [-0.4, -0.2) is 14.2 Å². The van der Waals surface area contributed by atoms with Gasteiger partial charge in [0.2, 0.25) is 0 Å². The number of benzene rings is 1. The molecular formula is C13H10Br3ClO2S. The Balaban J connectivity index is 2.46. The summed E-state index contributed by atoms with van der Waals surface area (Å²) in [5.74, 6) is 1.33. The number of methoxy groups -OCH3 is 2. The number of rotatable bonds is 4. The number of halogens is 4. The Kier molecular flexibility index (Phi) is 5.82. The summed E-state index contributed by atoms with van der Waals surface area (Å²) >= 11 is 18.7. The second-order valence-electron chi connectivity index (χ2n) is 3.86. The summed E-state index contributed by atoms with van der Waals surface area (Å²) in [4.78, 5) is 1.04. The summed E-state index contributed by atoms with van der Waals surface area (Å²) in [5, 5.41) is -0.267. The van der Waals surface area contributed by atoms with Crippen molar-refractivity contribution in [2.24, 2.45) is 0 Å². The van der Waals surface area contributed by atoms with E-state index in [0.717, 1.165) is 23.2 Å². The molecule has 0 spiro atoms. The number of ether oxygens (including phenoxy) is 2. The summed E-state index contributed by atoms with van der Waals surface area (Å²) in [6.07, 6.45) is 0. The van der Waals surface area contributed by atoms with Crippen molar-refractivity contribution in [2.75, 3.05) is 14.2 Å². The average molecular weight is 505 g/mol. The van der Waals surface area contributed by atoms with Gasteiger partial charge in [-0.2, -0.15) is 0 Å².